The monoisotopic (exact) mass is 375 g/mol. The number of carbonyl (C=O) groups excluding carboxylic acids is 3. The van der Waals surface area contributed by atoms with E-state index in [2.05, 4.69) is 10.3 Å². The van der Waals surface area contributed by atoms with Crippen molar-refractivity contribution in [3.8, 4) is 0 Å². The zero-order valence-corrected chi connectivity index (χ0v) is 15.3. The van der Waals surface area contributed by atoms with Gasteiger partial charge in [-0.2, -0.15) is 0 Å². The van der Waals surface area contributed by atoms with E-state index in [1.807, 2.05) is 0 Å². The van der Waals surface area contributed by atoms with Crippen LogP contribution in [0.25, 0.3) is 0 Å². The van der Waals surface area contributed by atoms with Crippen molar-refractivity contribution in [2.45, 2.75) is 44.6 Å². The Labute approximate surface area is 158 Å². The molecular formula is C19H25N3O5. The Hall–Kier alpha value is -2.64. The molecule has 27 heavy (non-hydrogen) atoms. The summed E-state index contributed by atoms with van der Waals surface area (Å²) in [6.07, 6.45) is 5.82. The van der Waals surface area contributed by atoms with Gasteiger partial charge in [-0.15, -0.1) is 0 Å². The molecule has 1 aliphatic carbocycles. The number of ether oxygens (including phenoxy) is 2. The number of hydrogen-bond acceptors (Lipinski definition) is 6. The van der Waals surface area contributed by atoms with Crippen molar-refractivity contribution < 1.29 is 23.9 Å². The van der Waals surface area contributed by atoms with E-state index in [-0.39, 0.29) is 17.8 Å². The van der Waals surface area contributed by atoms with Crippen LogP contribution in [0.1, 0.15) is 49.0 Å². The summed E-state index contributed by atoms with van der Waals surface area (Å²) in [6.45, 7) is 1.99. The number of amides is 2. The number of aromatic nitrogens is 1. The number of alkyl carbamates (subject to hydrolysis) is 1. The number of nitrogens with zero attached hydrogens (tertiary/aromatic N) is 2. The molecule has 8 nitrogen and oxygen atoms in total. The van der Waals surface area contributed by atoms with Crippen LogP contribution in [-0.2, 0) is 9.47 Å². The van der Waals surface area contributed by atoms with Crippen molar-refractivity contribution in [1.82, 2.24) is 15.2 Å². The van der Waals surface area contributed by atoms with Gasteiger partial charge in [-0.3, -0.25) is 0 Å². The Kier molecular flexibility index (Phi) is 6.62. The van der Waals surface area contributed by atoms with Crippen LogP contribution in [0.4, 0.5) is 9.59 Å². The Bertz CT molecular complexity index is 653. The molecule has 0 spiro atoms. The second kappa shape index (κ2) is 9.34. The summed E-state index contributed by atoms with van der Waals surface area (Å²) in [5.41, 5.74) is 0.0937. The van der Waals surface area contributed by atoms with Crippen molar-refractivity contribution >= 4 is 18.2 Å². The van der Waals surface area contributed by atoms with Gasteiger partial charge in [-0.25, -0.2) is 19.4 Å². The molecule has 2 aliphatic rings. The normalized spacial score (nSPS) is 22.1. The van der Waals surface area contributed by atoms with Crippen LogP contribution in [-0.4, -0.2) is 53.8 Å². The number of carbonyl (C=O) groups is 3. The summed E-state index contributed by atoms with van der Waals surface area (Å²) < 4.78 is 10.2. The molecule has 1 N–H and O–H groups in total. The first-order valence-electron chi connectivity index (χ1n) is 9.47. The third kappa shape index (κ3) is 5.67. The number of rotatable bonds is 4. The predicted octanol–water partition coefficient (Wildman–Crippen LogP) is 2.74. The molecule has 0 radical (unpaired) electrons. The maximum atomic E-state index is 11.9. The predicted molar refractivity (Wildman–Crippen MR) is 96.1 cm³/mol. The van der Waals surface area contributed by atoms with Gasteiger partial charge in [0.15, 0.2) is 0 Å². The van der Waals surface area contributed by atoms with E-state index in [1.54, 1.807) is 17.0 Å². The second-order valence-electron chi connectivity index (χ2n) is 7.03. The molecule has 1 saturated heterocycles. The third-order valence-corrected chi connectivity index (χ3v) is 5.03. The molecule has 1 aromatic heterocycles. The molecule has 2 fully saturated rings. The van der Waals surface area contributed by atoms with Gasteiger partial charge >= 0.3 is 18.2 Å². The van der Waals surface area contributed by atoms with Crippen molar-refractivity contribution in [1.29, 1.82) is 0 Å². The number of hydrogen-bond donors (Lipinski definition) is 1. The molecule has 0 aromatic carbocycles. The van der Waals surface area contributed by atoms with Crippen LogP contribution in [0, 0.1) is 5.92 Å². The maximum absolute atomic E-state index is 11.9. The summed E-state index contributed by atoms with van der Waals surface area (Å²) in [5, 5.41) is 2.72. The van der Waals surface area contributed by atoms with E-state index in [9.17, 15) is 14.4 Å². The molecule has 1 aliphatic heterocycles. The van der Waals surface area contributed by atoms with Gasteiger partial charge in [-0.1, -0.05) is 6.07 Å². The molecule has 2 heterocycles. The molecule has 0 unspecified atom stereocenters. The summed E-state index contributed by atoms with van der Waals surface area (Å²) in [6, 6.07) is 4.78. The molecule has 1 aromatic rings. The van der Waals surface area contributed by atoms with Gasteiger partial charge in [0, 0.05) is 25.3 Å². The van der Waals surface area contributed by atoms with Crippen molar-refractivity contribution in [3.63, 3.8) is 0 Å². The van der Waals surface area contributed by atoms with E-state index in [0.717, 1.165) is 51.6 Å². The lowest BCUT2D eigenvalue weighted by Crippen LogP contribution is -2.39. The number of likely N-dealkylation sites (tertiary alicyclic amines) is 1. The minimum atomic E-state index is -0.768. The quantitative estimate of drug-likeness (QED) is 0.642. The highest BCUT2D eigenvalue weighted by Crippen LogP contribution is 2.25. The molecule has 3 rings (SSSR count). The fraction of sp³-hybridized carbons (Fsp3) is 0.579. The Morgan fingerprint density at radius 2 is 1.85 bits per heavy atom. The van der Waals surface area contributed by atoms with Crippen molar-refractivity contribution in [2.75, 3.05) is 19.7 Å². The summed E-state index contributed by atoms with van der Waals surface area (Å²) >= 11 is 0. The van der Waals surface area contributed by atoms with E-state index < -0.39 is 12.1 Å². The van der Waals surface area contributed by atoms with Crippen LogP contribution in [0.2, 0.25) is 0 Å². The van der Waals surface area contributed by atoms with Gasteiger partial charge in [0.1, 0.15) is 5.69 Å². The smallest absolute Gasteiger partial charge is 0.415 e. The van der Waals surface area contributed by atoms with Crippen molar-refractivity contribution in [2.24, 2.45) is 5.92 Å². The SMILES string of the molecule is O=C(NC1CCC(COC(=O)N2CCCC2)CC1)OC(=O)c1ccccn1. The number of nitrogens with one attached hydrogen (secondary N) is 1. The largest absolute Gasteiger partial charge is 0.449 e. The fourth-order valence-corrected chi connectivity index (χ4v) is 3.47. The lowest BCUT2D eigenvalue weighted by molar-refractivity contribution is 0.0603. The fourth-order valence-electron chi connectivity index (χ4n) is 3.47. The molecule has 2 amide bonds. The second-order valence-corrected chi connectivity index (χ2v) is 7.03. The Morgan fingerprint density at radius 1 is 1.11 bits per heavy atom. The van der Waals surface area contributed by atoms with Crippen LogP contribution in [0.5, 0.6) is 0 Å². The van der Waals surface area contributed by atoms with E-state index in [0.29, 0.717) is 12.5 Å². The van der Waals surface area contributed by atoms with Gasteiger partial charge in [-0.05, 0) is 56.6 Å². The average Bonchev–Trinajstić information content (AvgIpc) is 3.23. The molecular weight excluding hydrogens is 350 g/mol. The third-order valence-electron chi connectivity index (χ3n) is 5.03. The Morgan fingerprint density at radius 3 is 2.52 bits per heavy atom. The molecule has 0 bridgehead atoms. The highest BCUT2D eigenvalue weighted by Gasteiger charge is 2.26. The summed E-state index contributed by atoms with van der Waals surface area (Å²) in [7, 11) is 0. The van der Waals surface area contributed by atoms with Crippen molar-refractivity contribution in [3.05, 3.63) is 30.1 Å². The van der Waals surface area contributed by atoms with Crippen LogP contribution >= 0.6 is 0 Å². The molecule has 8 heteroatoms. The van der Waals surface area contributed by atoms with Gasteiger partial charge in [0.25, 0.3) is 0 Å². The lowest BCUT2D eigenvalue weighted by atomic mass is 9.86. The molecule has 0 atom stereocenters. The molecule has 1 saturated carbocycles. The highest BCUT2D eigenvalue weighted by atomic mass is 16.6. The van der Waals surface area contributed by atoms with Gasteiger partial charge in [0.05, 0.1) is 6.61 Å². The maximum Gasteiger partial charge on any atom is 0.415 e. The summed E-state index contributed by atoms with van der Waals surface area (Å²) in [5.74, 6) is -0.462. The zero-order chi connectivity index (χ0) is 19.1. The highest BCUT2D eigenvalue weighted by molar-refractivity contribution is 5.94. The molecule has 146 valence electrons. The number of pyridine rings is 1. The van der Waals surface area contributed by atoms with Gasteiger partial charge < -0.3 is 19.7 Å². The summed E-state index contributed by atoms with van der Waals surface area (Å²) in [4.78, 5) is 41.2. The first-order chi connectivity index (χ1) is 13.1. The number of esters is 1. The zero-order valence-electron chi connectivity index (χ0n) is 15.3. The minimum Gasteiger partial charge on any atom is -0.449 e. The van der Waals surface area contributed by atoms with Crippen LogP contribution < -0.4 is 5.32 Å². The first kappa shape index (κ1) is 19.1. The lowest BCUT2D eigenvalue weighted by Gasteiger charge is -2.28. The average molecular weight is 375 g/mol. The van der Waals surface area contributed by atoms with E-state index in [1.165, 1.54) is 12.3 Å². The van der Waals surface area contributed by atoms with E-state index in [4.69, 9.17) is 9.47 Å². The van der Waals surface area contributed by atoms with Gasteiger partial charge in [0.2, 0.25) is 0 Å². The Balaban J connectivity index is 1.33. The standard InChI is InChI=1S/C19H25N3O5/c23-17(16-5-1-2-10-20-16)27-18(24)21-15-8-6-14(7-9-15)13-26-19(25)22-11-3-4-12-22/h1-2,5,10,14-15H,3-4,6-9,11-13H2,(H,21,24). The minimum absolute atomic E-state index is 0.0421. The topological polar surface area (TPSA) is 97.8 Å². The van der Waals surface area contributed by atoms with E-state index >= 15 is 0 Å². The first-order valence-corrected chi connectivity index (χ1v) is 9.47. The van der Waals surface area contributed by atoms with Crippen LogP contribution in [0.3, 0.4) is 0 Å². The van der Waals surface area contributed by atoms with Crippen LogP contribution in [0.15, 0.2) is 24.4 Å².